The van der Waals surface area contributed by atoms with Crippen LogP contribution in [0.3, 0.4) is 0 Å². The fraction of sp³-hybridized carbons (Fsp3) is 0.263. The molecule has 4 nitrogen and oxygen atoms in total. The van der Waals surface area contributed by atoms with Crippen molar-refractivity contribution in [3.8, 4) is 5.75 Å². The molecule has 0 bridgehead atoms. The Kier molecular flexibility index (Phi) is 4.86. The van der Waals surface area contributed by atoms with Gasteiger partial charge in [-0.2, -0.15) is 5.10 Å². The number of rotatable bonds is 4. The number of phenolic OH excluding ortho intramolecular Hbond substituents is 1. The third kappa shape index (κ3) is 3.15. The van der Waals surface area contributed by atoms with Gasteiger partial charge in [0.05, 0.1) is 11.6 Å². The maximum atomic E-state index is 9.79. The van der Waals surface area contributed by atoms with Crippen LogP contribution in [-0.2, 0) is 5.41 Å². The van der Waals surface area contributed by atoms with Gasteiger partial charge in [0.15, 0.2) is 0 Å². The van der Waals surface area contributed by atoms with E-state index in [1.165, 1.54) is 5.56 Å². The first-order chi connectivity index (χ1) is 11.7. The van der Waals surface area contributed by atoms with Crippen LogP contribution in [0.1, 0.15) is 30.4 Å². The number of nitrogens with one attached hydrogen (secondary N) is 1. The van der Waals surface area contributed by atoms with Crippen LogP contribution in [0.2, 0.25) is 5.02 Å². The van der Waals surface area contributed by atoms with Crippen molar-refractivity contribution in [3.05, 3.63) is 64.7 Å². The number of nitrogens with zero attached hydrogens (tertiary/aromatic N) is 2. The minimum absolute atomic E-state index is 0.130. The van der Waals surface area contributed by atoms with Gasteiger partial charge in [-0.3, -0.25) is 10.4 Å². The summed E-state index contributed by atoms with van der Waals surface area (Å²) in [4.78, 5) is 4.43. The van der Waals surface area contributed by atoms with Crippen LogP contribution in [-0.4, -0.2) is 24.2 Å². The van der Waals surface area contributed by atoms with Crippen LogP contribution in [0.4, 0.5) is 0 Å². The van der Waals surface area contributed by atoms with Crippen molar-refractivity contribution in [1.82, 2.24) is 5.43 Å². The topological polar surface area (TPSA) is 57.0 Å². The zero-order valence-corrected chi connectivity index (χ0v) is 14.3. The maximum Gasteiger partial charge on any atom is 0.127 e. The molecule has 0 amide bonds. The number of phenols is 1. The third-order valence-electron chi connectivity index (χ3n) is 4.59. The molecule has 2 N–H and O–H groups in total. The minimum Gasteiger partial charge on any atom is -0.507 e. The SMILES string of the molecule is CN=C(N/N=C/c1ccccc1O)C1(c2ccc(Cl)cc2)CCC1. The van der Waals surface area contributed by atoms with Crippen molar-refractivity contribution in [3.63, 3.8) is 0 Å². The van der Waals surface area contributed by atoms with Gasteiger partial charge in [-0.25, -0.2) is 0 Å². The van der Waals surface area contributed by atoms with Gasteiger partial charge in [-0.15, -0.1) is 0 Å². The number of amidine groups is 1. The monoisotopic (exact) mass is 341 g/mol. The minimum atomic E-state index is -0.130. The second-order valence-electron chi connectivity index (χ2n) is 5.94. The molecule has 1 aliphatic rings. The summed E-state index contributed by atoms with van der Waals surface area (Å²) in [5, 5.41) is 14.8. The highest BCUT2D eigenvalue weighted by atomic mass is 35.5. The van der Waals surface area contributed by atoms with E-state index in [0.717, 1.165) is 30.1 Å². The van der Waals surface area contributed by atoms with E-state index < -0.39 is 0 Å². The highest BCUT2D eigenvalue weighted by Crippen LogP contribution is 2.44. The Hall–Kier alpha value is -2.33. The van der Waals surface area contributed by atoms with E-state index in [1.54, 1.807) is 25.4 Å². The highest BCUT2D eigenvalue weighted by molar-refractivity contribution is 6.30. The van der Waals surface area contributed by atoms with Crippen molar-refractivity contribution in [2.75, 3.05) is 7.05 Å². The second-order valence-corrected chi connectivity index (χ2v) is 6.38. The number of benzene rings is 2. The number of hydrogen-bond donors (Lipinski definition) is 2. The van der Waals surface area contributed by atoms with Crippen molar-refractivity contribution in [2.45, 2.75) is 24.7 Å². The normalized spacial score (nSPS) is 16.8. The molecule has 1 aliphatic carbocycles. The summed E-state index contributed by atoms with van der Waals surface area (Å²) in [5.74, 6) is 1.04. The third-order valence-corrected chi connectivity index (χ3v) is 4.84. The van der Waals surface area contributed by atoms with Crippen molar-refractivity contribution < 1.29 is 5.11 Å². The van der Waals surface area contributed by atoms with Crippen LogP contribution in [0.15, 0.2) is 58.6 Å². The first-order valence-corrected chi connectivity index (χ1v) is 8.34. The molecule has 0 aromatic heterocycles. The van der Waals surface area contributed by atoms with Gasteiger partial charge < -0.3 is 5.11 Å². The molecular formula is C19H20ClN3O. The van der Waals surface area contributed by atoms with Gasteiger partial charge in [0.2, 0.25) is 0 Å². The molecule has 0 unspecified atom stereocenters. The van der Waals surface area contributed by atoms with E-state index in [-0.39, 0.29) is 11.2 Å². The molecule has 2 aromatic rings. The van der Waals surface area contributed by atoms with Gasteiger partial charge in [0, 0.05) is 17.6 Å². The lowest BCUT2D eigenvalue weighted by Gasteiger charge is -2.42. The van der Waals surface area contributed by atoms with Crippen LogP contribution >= 0.6 is 11.6 Å². The van der Waals surface area contributed by atoms with E-state index in [4.69, 9.17) is 11.6 Å². The Bertz CT molecular complexity index is 764. The van der Waals surface area contributed by atoms with E-state index in [9.17, 15) is 5.11 Å². The first-order valence-electron chi connectivity index (χ1n) is 7.96. The van der Waals surface area contributed by atoms with Gasteiger partial charge in [-0.1, -0.05) is 42.3 Å². The summed E-state index contributed by atoms with van der Waals surface area (Å²) < 4.78 is 0. The fourth-order valence-electron chi connectivity index (χ4n) is 3.09. The molecule has 1 fully saturated rings. The lowest BCUT2D eigenvalue weighted by molar-refractivity contribution is 0.332. The number of hydrazone groups is 1. The van der Waals surface area contributed by atoms with Crippen molar-refractivity contribution in [2.24, 2.45) is 10.1 Å². The molecule has 24 heavy (non-hydrogen) atoms. The molecule has 0 heterocycles. The van der Waals surface area contributed by atoms with Crippen LogP contribution in [0, 0.1) is 0 Å². The highest BCUT2D eigenvalue weighted by Gasteiger charge is 2.43. The lowest BCUT2D eigenvalue weighted by atomic mass is 9.63. The van der Waals surface area contributed by atoms with Crippen LogP contribution < -0.4 is 5.43 Å². The summed E-state index contributed by atoms with van der Waals surface area (Å²) in [6.07, 6.45) is 4.82. The summed E-state index contributed by atoms with van der Waals surface area (Å²) >= 11 is 6.01. The Morgan fingerprint density at radius 3 is 2.46 bits per heavy atom. The number of aromatic hydroxyl groups is 1. The molecule has 0 atom stereocenters. The zero-order chi connectivity index (χ0) is 17.0. The summed E-state index contributed by atoms with van der Waals surface area (Å²) in [5.41, 5.74) is 4.81. The number of aliphatic imine (C=N–C) groups is 1. The average molecular weight is 342 g/mol. The van der Waals surface area contributed by atoms with Crippen LogP contribution in [0.25, 0.3) is 0 Å². The average Bonchev–Trinajstić information content (AvgIpc) is 2.55. The molecule has 2 aromatic carbocycles. The van der Waals surface area contributed by atoms with Crippen molar-refractivity contribution >= 4 is 23.7 Å². The second kappa shape index (κ2) is 7.05. The van der Waals surface area contributed by atoms with Crippen molar-refractivity contribution in [1.29, 1.82) is 0 Å². The summed E-state index contributed by atoms with van der Waals surface area (Å²) in [6, 6.07) is 15.0. The number of para-hydroxylation sites is 1. The lowest BCUT2D eigenvalue weighted by Crippen LogP contribution is -2.48. The Morgan fingerprint density at radius 2 is 1.88 bits per heavy atom. The molecule has 124 valence electrons. The zero-order valence-electron chi connectivity index (χ0n) is 13.5. The van der Waals surface area contributed by atoms with Gasteiger partial charge in [-0.05, 0) is 42.7 Å². The standard InChI is InChI=1S/C19H20ClN3O/c1-21-18(23-22-13-14-5-2-3-6-17(14)24)19(11-4-12-19)15-7-9-16(20)10-8-15/h2-3,5-10,13,24H,4,11-12H2,1H3,(H,21,23)/b22-13+. The molecule has 1 saturated carbocycles. The molecule has 0 radical (unpaired) electrons. The molecule has 0 spiro atoms. The first kappa shape index (κ1) is 16.5. The summed E-state index contributed by atoms with van der Waals surface area (Å²) in [6.45, 7) is 0. The smallest absolute Gasteiger partial charge is 0.127 e. The van der Waals surface area contributed by atoms with Gasteiger partial charge >= 0.3 is 0 Å². The van der Waals surface area contributed by atoms with E-state index in [2.05, 4.69) is 27.7 Å². The van der Waals surface area contributed by atoms with Gasteiger partial charge in [0.1, 0.15) is 11.6 Å². The molecule has 5 heteroatoms. The largest absolute Gasteiger partial charge is 0.507 e. The number of hydrogen-bond acceptors (Lipinski definition) is 3. The molecule has 0 saturated heterocycles. The van der Waals surface area contributed by atoms with Crippen LogP contribution in [0.5, 0.6) is 5.75 Å². The van der Waals surface area contributed by atoms with E-state index in [0.29, 0.717) is 5.56 Å². The molecule has 3 rings (SSSR count). The van der Waals surface area contributed by atoms with Gasteiger partial charge in [0.25, 0.3) is 0 Å². The predicted octanol–water partition coefficient (Wildman–Crippen LogP) is 4.12. The molecule has 0 aliphatic heterocycles. The molecular weight excluding hydrogens is 322 g/mol. The Labute approximate surface area is 146 Å². The fourth-order valence-corrected chi connectivity index (χ4v) is 3.22. The number of halogens is 1. The quantitative estimate of drug-likeness (QED) is 0.499. The Balaban J connectivity index is 1.80. The maximum absolute atomic E-state index is 9.79. The van der Waals surface area contributed by atoms with E-state index >= 15 is 0 Å². The van der Waals surface area contributed by atoms with E-state index in [1.807, 2.05) is 24.3 Å². The Morgan fingerprint density at radius 1 is 1.17 bits per heavy atom. The summed E-state index contributed by atoms with van der Waals surface area (Å²) in [7, 11) is 1.77. The predicted molar refractivity (Wildman–Crippen MR) is 99.2 cm³/mol.